The number of halogens is 3. The van der Waals surface area contributed by atoms with Gasteiger partial charge in [0.25, 0.3) is 11.5 Å². The summed E-state index contributed by atoms with van der Waals surface area (Å²) >= 11 is 0. The molecule has 31 heavy (non-hydrogen) atoms. The Morgan fingerprint density at radius 3 is 2.48 bits per heavy atom. The molecular weight excluding hydrogens is 423 g/mol. The number of aromatic nitrogens is 4. The van der Waals surface area contributed by atoms with Gasteiger partial charge in [0.15, 0.2) is 34.7 Å². The molecule has 13 heteroatoms. The number of amides is 1. The SMILES string of the molecule is C[C@H](OC(=O)Cn1cnc2c1c(=O)n(C)c(=O)n2C)C(=O)Nc1ccc(F)c(F)c1F. The largest absolute Gasteiger partial charge is 0.451 e. The zero-order valence-corrected chi connectivity index (χ0v) is 16.5. The topological polar surface area (TPSA) is 117 Å². The highest BCUT2D eigenvalue weighted by Gasteiger charge is 2.22. The molecule has 0 radical (unpaired) electrons. The molecule has 10 nitrogen and oxygen atoms in total. The maximum atomic E-state index is 13.7. The van der Waals surface area contributed by atoms with E-state index in [9.17, 15) is 32.3 Å². The second-order valence-corrected chi connectivity index (χ2v) is 6.59. The third kappa shape index (κ3) is 3.93. The molecule has 3 rings (SSSR count). The van der Waals surface area contributed by atoms with Gasteiger partial charge in [-0.1, -0.05) is 0 Å². The first-order valence-corrected chi connectivity index (χ1v) is 8.77. The molecule has 0 fully saturated rings. The Kier molecular flexibility index (Phi) is 5.69. The number of fused-ring (bicyclic) bond motifs is 1. The summed E-state index contributed by atoms with van der Waals surface area (Å²) in [5.74, 6) is -6.72. The van der Waals surface area contributed by atoms with Crippen molar-refractivity contribution >= 4 is 28.7 Å². The third-order valence-corrected chi connectivity index (χ3v) is 4.49. The fourth-order valence-corrected chi connectivity index (χ4v) is 2.80. The molecule has 0 aliphatic carbocycles. The van der Waals surface area contributed by atoms with Crippen LogP contribution >= 0.6 is 0 Å². The van der Waals surface area contributed by atoms with Crippen LogP contribution in [0.15, 0.2) is 28.0 Å². The molecule has 164 valence electrons. The second-order valence-electron chi connectivity index (χ2n) is 6.59. The molecule has 0 spiro atoms. The van der Waals surface area contributed by atoms with E-state index in [1.165, 1.54) is 21.0 Å². The Labute approximate surface area is 171 Å². The van der Waals surface area contributed by atoms with Gasteiger partial charge in [-0.3, -0.25) is 23.5 Å². The van der Waals surface area contributed by atoms with Crippen LogP contribution in [0, 0.1) is 17.5 Å². The van der Waals surface area contributed by atoms with Crippen LogP contribution < -0.4 is 16.6 Å². The van der Waals surface area contributed by atoms with Crippen LogP contribution in [0.3, 0.4) is 0 Å². The van der Waals surface area contributed by atoms with E-state index in [2.05, 4.69) is 4.98 Å². The number of aryl methyl sites for hydroxylation is 1. The Balaban J connectivity index is 1.74. The first kappa shape index (κ1) is 21.8. The lowest BCUT2D eigenvalue weighted by Crippen LogP contribution is -2.38. The van der Waals surface area contributed by atoms with Crippen LogP contribution in [0.5, 0.6) is 0 Å². The van der Waals surface area contributed by atoms with Crippen LogP contribution in [-0.2, 0) is 35.0 Å². The summed E-state index contributed by atoms with van der Waals surface area (Å²) in [6.07, 6.45) is -0.268. The second kappa shape index (κ2) is 8.08. The van der Waals surface area contributed by atoms with E-state index in [4.69, 9.17) is 4.74 Å². The normalized spacial score (nSPS) is 12.1. The summed E-state index contributed by atoms with van der Waals surface area (Å²) in [7, 11) is 2.67. The molecule has 1 amide bonds. The zero-order valence-electron chi connectivity index (χ0n) is 16.5. The molecule has 3 aromatic rings. The summed E-state index contributed by atoms with van der Waals surface area (Å²) in [5.41, 5.74) is -1.87. The van der Waals surface area contributed by atoms with Crippen molar-refractivity contribution in [2.75, 3.05) is 5.32 Å². The number of esters is 1. The predicted molar refractivity (Wildman–Crippen MR) is 101 cm³/mol. The molecule has 2 heterocycles. The maximum Gasteiger partial charge on any atom is 0.332 e. The lowest BCUT2D eigenvalue weighted by atomic mass is 10.2. The molecule has 0 aliphatic heterocycles. The van der Waals surface area contributed by atoms with Gasteiger partial charge in [-0.2, -0.15) is 0 Å². The van der Waals surface area contributed by atoms with Gasteiger partial charge in [-0.15, -0.1) is 0 Å². The van der Waals surface area contributed by atoms with Crippen LogP contribution in [0.4, 0.5) is 18.9 Å². The fraction of sp³-hybridized carbons (Fsp3) is 0.278. The minimum absolute atomic E-state index is 0.0255. The number of nitrogens with one attached hydrogen (secondary N) is 1. The number of carbonyl (C=O) groups excluding carboxylic acids is 2. The number of hydrogen-bond donors (Lipinski definition) is 1. The molecular formula is C18H16F3N5O5. The highest BCUT2D eigenvalue weighted by molar-refractivity contribution is 5.95. The average molecular weight is 439 g/mol. The lowest BCUT2D eigenvalue weighted by Gasteiger charge is -2.14. The van der Waals surface area contributed by atoms with E-state index < -0.39 is 58.9 Å². The molecule has 1 atom stereocenters. The van der Waals surface area contributed by atoms with Gasteiger partial charge >= 0.3 is 11.7 Å². The van der Waals surface area contributed by atoms with Crippen LogP contribution in [-0.4, -0.2) is 36.7 Å². The Morgan fingerprint density at radius 1 is 1.13 bits per heavy atom. The van der Waals surface area contributed by atoms with Crippen molar-refractivity contribution < 1.29 is 27.5 Å². The van der Waals surface area contributed by atoms with E-state index in [1.54, 1.807) is 0 Å². The number of rotatable bonds is 5. The summed E-state index contributed by atoms with van der Waals surface area (Å²) in [6.45, 7) is 0.668. The molecule has 0 bridgehead atoms. The van der Waals surface area contributed by atoms with E-state index in [-0.39, 0.29) is 11.2 Å². The Morgan fingerprint density at radius 2 is 1.81 bits per heavy atom. The zero-order chi connectivity index (χ0) is 23.0. The smallest absolute Gasteiger partial charge is 0.332 e. The molecule has 0 unspecified atom stereocenters. The minimum Gasteiger partial charge on any atom is -0.451 e. The number of benzene rings is 1. The standard InChI is InChI=1S/C18H16F3N5O5/c1-8(16(28)23-10-5-4-9(19)12(20)13(10)21)31-11(27)6-26-7-22-15-14(26)17(29)25(3)18(30)24(15)2/h4-5,7-8H,6H2,1-3H3,(H,23,28)/t8-/m0/s1. The number of hydrogen-bond acceptors (Lipinski definition) is 6. The molecule has 0 aliphatic rings. The van der Waals surface area contributed by atoms with E-state index in [0.717, 1.165) is 26.1 Å². The van der Waals surface area contributed by atoms with Gasteiger partial charge in [0.1, 0.15) is 6.54 Å². The molecule has 1 N–H and O–H groups in total. The Bertz CT molecular complexity index is 1330. The average Bonchev–Trinajstić information content (AvgIpc) is 3.14. The van der Waals surface area contributed by atoms with Crippen molar-refractivity contribution in [1.29, 1.82) is 0 Å². The summed E-state index contributed by atoms with van der Waals surface area (Å²) in [4.78, 5) is 52.6. The molecule has 0 saturated heterocycles. The van der Waals surface area contributed by atoms with Gasteiger partial charge < -0.3 is 14.6 Å². The minimum atomic E-state index is -1.76. The highest BCUT2D eigenvalue weighted by Crippen LogP contribution is 2.20. The highest BCUT2D eigenvalue weighted by atomic mass is 19.2. The third-order valence-electron chi connectivity index (χ3n) is 4.49. The van der Waals surface area contributed by atoms with Crippen molar-refractivity contribution in [3.05, 3.63) is 56.7 Å². The van der Waals surface area contributed by atoms with Crippen molar-refractivity contribution in [3.8, 4) is 0 Å². The van der Waals surface area contributed by atoms with Crippen LogP contribution in [0.1, 0.15) is 6.92 Å². The molecule has 1 aromatic carbocycles. The quantitative estimate of drug-likeness (QED) is 0.455. The Hall–Kier alpha value is -3.90. The lowest BCUT2D eigenvalue weighted by molar-refractivity contribution is -0.153. The number of anilines is 1. The van der Waals surface area contributed by atoms with Crippen molar-refractivity contribution in [2.24, 2.45) is 14.1 Å². The van der Waals surface area contributed by atoms with Crippen molar-refractivity contribution in [2.45, 2.75) is 19.6 Å². The van der Waals surface area contributed by atoms with E-state index in [1.807, 2.05) is 5.32 Å². The first-order valence-electron chi connectivity index (χ1n) is 8.77. The monoisotopic (exact) mass is 439 g/mol. The van der Waals surface area contributed by atoms with Gasteiger partial charge in [0.05, 0.1) is 12.0 Å². The van der Waals surface area contributed by atoms with E-state index >= 15 is 0 Å². The van der Waals surface area contributed by atoms with Gasteiger partial charge in [-0.05, 0) is 19.1 Å². The van der Waals surface area contributed by atoms with Gasteiger partial charge in [0.2, 0.25) is 0 Å². The van der Waals surface area contributed by atoms with Crippen LogP contribution in [0.25, 0.3) is 11.2 Å². The van der Waals surface area contributed by atoms with Crippen molar-refractivity contribution in [1.82, 2.24) is 18.7 Å². The predicted octanol–water partition coefficient (Wildman–Crippen LogP) is 0.421. The number of nitrogens with zero attached hydrogens (tertiary/aromatic N) is 4. The fourth-order valence-electron chi connectivity index (χ4n) is 2.80. The first-order chi connectivity index (χ1) is 14.5. The summed E-state index contributed by atoms with van der Waals surface area (Å²) in [6, 6.07) is 1.44. The van der Waals surface area contributed by atoms with Crippen LogP contribution in [0.2, 0.25) is 0 Å². The van der Waals surface area contributed by atoms with Gasteiger partial charge in [-0.25, -0.2) is 22.9 Å². The molecule has 2 aromatic heterocycles. The van der Waals surface area contributed by atoms with Gasteiger partial charge in [0, 0.05) is 14.1 Å². The summed E-state index contributed by atoms with van der Waals surface area (Å²) in [5, 5.41) is 1.99. The summed E-state index contributed by atoms with van der Waals surface area (Å²) < 4.78 is 48.0. The van der Waals surface area contributed by atoms with E-state index in [0.29, 0.717) is 6.07 Å². The number of ether oxygens (including phenoxy) is 1. The number of carbonyl (C=O) groups is 2. The molecule has 0 saturated carbocycles. The van der Waals surface area contributed by atoms with Crippen molar-refractivity contribution in [3.63, 3.8) is 0 Å². The maximum absolute atomic E-state index is 13.7. The number of imidazole rings is 1.